The molecule has 2 aromatic carbocycles. The highest BCUT2D eigenvalue weighted by Gasteiger charge is 2.25. The quantitative estimate of drug-likeness (QED) is 0.421. The zero-order valence-electron chi connectivity index (χ0n) is 21.1. The first-order chi connectivity index (χ1) is 18.0. The third-order valence-electron chi connectivity index (χ3n) is 6.59. The Labute approximate surface area is 215 Å². The lowest BCUT2D eigenvalue weighted by molar-refractivity contribution is -0.119. The summed E-state index contributed by atoms with van der Waals surface area (Å²) in [5.74, 6) is 0.392. The van der Waals surface area contributed by atoms with Crippen molar-refractivity contribution in [3.63, 3.8) is 0 Å². The molecule has 2 amide bonds. The summed E-state index contributed by atoms with van der Waals surface area (Å²) in [5.41, 5.74) is 4.55. The molecule has 1 aliphatic heterocycles. The van der Waals surface area contributed by atoms with E-state index in [0.29, 0.717) is 29.9 Å². The minimum atomic E-state index is -0.292. The van der Waals surface area contributed by atoms with E-state index in [9.17, 15) is 9.59 Å². The molecule has 2 aromatic heterocycles. The molecule has 5 rings (SSSR count). The number of amides is 2. The van der Waals surface area contributed by atoms with Crippen LogP contribution in [0.2, 0.25) is 0 Å². The number of hydrogen-bond acceptors (Lipinski definition) is 6. The van der Waals surface area contributed by atoms with Crippen molar-refractivity contribution in [3.05, 3.63) is 78.1 Å². The van der Waals surface area contributed by atoms with Gasteiger partial charge >= 0.3 is 0 Å². The van der Waals surface area contributed by atoms with Gasteiger partial charge in [-0.05, 0) is 23.8 Å². The number of fused-ring (bicyclic) bond motifs is 1. The van der Waals surface area contributed by atoms with Gasteiger partial charge < -0.3 is 19.5 Å². The number of anilines is 1. The highest BCUT2D eigenvalue weighted by molar-refractivity contribution is 6.06. The molecule has 0 atom stereocenters. The van der Waals surface area contributed by atoms with Crippen LogP contribution in [0.4, 0.5) is 5.69 Å². The van der Waals surface area contributed by atoms with E-state index in [0.717, 1.165) is 42.1 Å². The molecule has 0 aliphatic carbocycles. The number of carbonyl (C=O) groups excluding carboxylic acids is 2. The molecule has 0 saturated carbocycles. The van der Waals surface area contributed by atoms with Gasteiger partial charge in [-0.3, -0.25) is 19.5 Å². The topological polar surface area (TPSA) is 92.6 Å². The van der Waals surface area contributed by atoms with Gasteiger partial charge in [0.25, 0.3) is 5.91 Å². The number of benzene rings is 2. The predicted molar refractivity (Wildman–Crippen MR) is 142 cm³/mol. The maximum atomic E-state index is 13.6. The van der Waals surface area contributed by atoms with E-state index in [1.165, 1.54) is 7.11 Å². The van der Waals surface area contributed by atoms with E-state index >= 15 is 0 Å². The molecule has 9 nitrogen and oxygen atoms in total. The van der Waals surface area contributed by atoms with Gasteiger partial charge in [-0.25, -0.2) is 4.98 Å². The van der Waals surface area contributed by atoms with Crippen LogP contribution in [0, 0.1) is 0 Å². The number of imidazole rings is 1. The molecular formula is C28H30N6O3. The number of nitrogens with one attached hydrogen (secondary N) is 1. The molecule has 0 radical (unpaired) electrons. The molecule has 4 aromatic rings. The average Bonchev–Trinajstić information content (AvgIpc) is 3.26. The van der Waals surface area contributed by atoms with Crippen molar-refractivity contribution in [2.24, 2.45) is 7.05 Å². The number of methoxy groups -OCH3 is 1. The number of hydrogen-bond donors (Lipinski definition) is 1. The highest BCUT2D eigenvalue weighted by Crippen LogP contribution is 2.31. The second-order valence-electron chi connectivity index (χ2n) is 9.16. The number of ether oxygens (including phenoxy) is 1. The second-order valence-corrected chi connectivity index (χ2v) is 9.16. The molecule has 0 unspecified atom stereocenters. The fraction of sp³-hybridized carbons (Fsp3) is 0.286. The summed E-state index contributed by atoms with van der Waals surface area (Å²) in [6, 6.07) is 17.4. The summed E-state index contributed by atoms with van der Waals surface area (Å²) in [5, 5.41) is 2.91. The Bertz CT molecular complexity index is 1400. The molecule has 9 heteroatoms. The Morgan fingerprint density at radius 2 is 1.81 bits per heavy atom. The van der Waals surface area contributed by atoms with Crippen molar-refractivity contribution in [1.82, 2.24) is 24.3 Å². The van der Waals surface area contributed by atoms with Gasteiger partial charge in [0.1, 0.15) is 12.4 Å². The number of aromatic nitrogens is 3. The Hall–Kier alpha value is -4.08. The summed E-state index contributed by atoms with van der Waals surface area (Å²) >= 11 is 0. The fourth-order valence-electron chi connectivity index (χ4n) is 4.77. The summed E-state index contributed by atoms with van der Waals surface area (Å²) in [6.07, 6.45) is 3.65. The fourth-order valence-corrected chi connectivity index (χ4v) is 4.77. The number of rotatable bonds is 7. The Morgan fingerprint density at radius 1 is 1.03 bits per heavy atom. The average molecular weight is 499 g/mol. The standard InChI is InChI=1S/C28H30N6O3/c1-32-26-23(30-25(35)19-37-2)15-22(16-24(26)31-27(32)21-8-4-3-5-9-21)28(36)34-13-11-33(12-14-34)18-20-7-6-10-29-17-20/h3-10,15-17H,11-14,18-19H2,1-2H3,(H,30,35). The molecule has 1 fully saturated rings. The van der Waals surface area contributed by atoms with Crippen molar-refractivity contribution in [2.45, 2.75) is 6.54 Å². The molecule has 3 heterocycles. The number of nitrogens with zero attached hydrogens (tertiary/aromatic N) is 5. The number of piperazine rings is 1. The predicted octanol–water partition coefficient (Wildman–Crippen LogP) is 3.18. The molecule has 190 valence electrons. The van der Waals surface area contributed by atoms with Crippen LogP contribution in [0.3, 0.4) is 0 Å². The molecule has 0 bridgehead atoms. The lowest BCUT2D eigenvalue weighted by Gasteiger charge is -2.34. The van der Waals surface area contributed by atoms with Gasteiger partial charge in [0, 0.05) is 70.4 Å². The first kappa shape index (κ1) is 24.6. The van der Waals surface area contributed by atoms with Crippen LogP contribution in [0.15, 0.2) is 67.0 Å². The van der Waals surface area contributed by atoms with Crippen molar-refractivity contribution >= 4 is 28.5 Å². The van der Waals surface area contributed by atoms with Crippen LogP contribution in [0.5, 0.6) is 0 Å². The van der Waals surface area contributed by atoms with Gasteiger partial charge in [0.05, 0.1) is 16.7 Å². The zero-order valence-corrected chi connectivity index (χ0v) is 21.1. The summed E-state index contributed by atoms with van der Waals surface area (Å²) in [4.78, 5) is 39.2. The molecule has 0 spiro atoms. The van der Waals surface area contributed by atoms with Crippen LogP contribution < -0.4 is 5.32 Å². The Morgan fingerprint density at radius 3 is 2.51 bits per heavy atom. The first-order valence-corrected chi connectivity index (χ1v) is 12.3. The minimum absolute atomic E-state index is 0.0721. The first-order valence-electron chi connectivity index (χ1n) is 12.3. The Balaban J connectivity index is 1.41. The number of aryl methyl sites for hydroxylation is 1. The van der Waals surface area contributed by atoms with E-state index in [-0.39, 0.29) is 18.4 Å². The molecular weight excluding hydrogens is 468 g/mol. The van der Waals surface area contributed by atoms with Gasteiger partial charge in [0.15, 0.2) is 0 Å². The van der Waals surface area contributed by atoms with Crippen LogP contribution in [0.25, 0.3) is 22.4 Å². The van der Waals surface area contributed by atoms with E-state index in [1.807, 2.05) is 65.2 Å². The monoisotopic (exact) mass is 498 g/mol. The normalized spacial score (nSPS) is 14.2. The van der Waals surface area contributed by atoms with Crippen LogP contribution in [-0.2, 0) is 23.1 Å². The van der Waals surface area contributed by atoms with Gasteiger partial charge in [-0.1, -0.05) is 36.4 Å². The largest absolute Gasteiger partial charge is 0.375 e. The SMILES string of the molecule is COCC(=O)Nc1cc(C(=O)N2CCN(Cc3cccnc3)CC2)cc2nc(-c3ccccc3)n(C)c12. The maximum Gasteiger partial charge on any atom is 0.254 e. The summed E-state index contributed by atoms with van der Waals surface area (Å²) < 4.78 is 6.94. The summed E-state index contributed by atoms with van der Waals surface area (Å²) in [7, 11) is 3.38. The third kappa shape index (κ3) is 5.37. The smallest absolute Gasteiger partial charge is 0.254 e. The van der Waals surface area contributed by atoms with Crippen molar-refractivity contribution in [3.8, 4) is 11.4 Å². The lowest BCUT2D eigenvalue weighted by atomic mass is 10.1. The van der Waals surface area contributed by atoms with Crippen LogP contribution in [0.1, 0.15) is 15.9 Å². The highest BCUT2D eigenvalue weighted by atomic mass is 16.5. The zero-order chi connectivity index (χ0) is 25.8. The third-order valence-corrected chi connectivity index (χ3v) is 6.59. The molecule has 1 aliphatic rings. The van der Waals surface area contributed by atoms with Gasteiger partial charge in [-0.15, -0.1) is 0 Å². The molecule has 1 saturated heterocycles. The van der Waals surface area contributed by atoms with Gasteiger partial charge in [0.2, 0.25) is 5.91 Å². The summed E-state index contributed by atoms with van der Waals surface area (Å²) in [6.45, 7) is 3.54. The Kier molecular flexibility index (Phi) is 7.25. The van der Waals surface area contributed by atoms with Crippen LogP contribution in [-0.4, -0.2) is 76.0 Å². The number of pyridine rings is 1. The van der Waals surface area contributed by atoms with E-state index in [2.05, 4.69) is 21.3 Å². The molecule has 1 N–H and O–H groups in total. The van der Waals surface area contributed by atoms with Crippen molar-refractivity contribution in [2.75, 3.05) is 45.2 Å². The second kappa shape index (κ2) is 10.9. The van der Waals surface area contributed by atoms with Crippen LogP contribution >= 0.6 is 0 Å². The van der Waals surface area contributed by atoms with Crippen molar-refractivity contribution < 1.29 is 14.3 Å². The minimum Gasteiger partial charge on any atom is -0.375 e. The van der Waals surface area contributed by atoms with Crippen molar-refractivity contribution in [1.29, 1.82) is 0 Å². The van der Waals surface area contributed by atoms with E-state index < -0.39 is 0 Å². The van der Waals surface area contributed by atoms with E-state index in [1.54, 1.807) is 12.3 Å². The van der Waals surface area contributed by atoms with E-state index in [4.69, 9.17) is 9.72 Å². The molecule has 37 heavy (non-hydrogen) atoms. The lowest BCUT2D eigenvalue weighted by Crippen LogP contribution is -2.48. The maximum absolute atomic E-state index is 13.6. The van der Waals surface area contributed by atoms with Gasteiger partial charge in [-0.2, -0.15) is 0 Å². The number of carbonyl (C=O) groups is 2.